The van der Waals surface area contributed by atoms with Crippen molar-refractivity contribution in [3.63, 3.8) is 0 Å². The maximum Gasteiger partial charge on any atom is 0.0568 e. The summed E-state index contributed by atoms with van der Waals surface area (Å²) in [5.74, 6) is 0.561. The molecule has 0 spiro atoms. The van der Waals surface area contributed by atoms with Crippen molar-refractivity contribution >= 4 is 0 Å². The van der Waals surface area contributed by atoms with E-state index in [9.17, 15) is 5.11 Å². The predicted octanol–water partition coefficient (Wildman–Crippen LogP) is 2.15. The van der Waals surface area contributed by atoms with Crippen molar-refractivity contribution in [2.45, 2.75) is 44.6 Å². The summed E-state index contributed by atoms with van der Waals surface area (Å²) in [7, 11) is 0. The molecule has 0 aromatic rings. The lowest BCUT2D eigenvalue weighted by Crippen LogP contribution is -2.21. The lowest BCUT2D eigenvalue weighted by Gasteiger charge is -2.25. The van der Waals surface area contributed by atoms with Gasteiger partial charge in [0.15, 0.2) is 0 Å². The average Bonchev–Trinajstić information content (AvgIpc) is 2.05. The third-order valence-corrected chi connectivity index (χ3v) is 2.49. The summed E-state index contributed by atoms with van der Waals surface area (Å²) in [6.07, 6.45) is 6.97. The number of aliphatic hydroxyl groups excluding tert-OH is 1. The summed E-state index contributed by atoms with van der Waals surface area (Å²) in [5.41, 5.74) is 0. The molecule has 1 atom stereocenters. The van der Waals surface area contributed by atoms with Gasteiger partial charge in [-0.05, 0) is 25.2 Å². The lowest BCUT2D eigenvalue weighted by molar-refractivity contribution is 0.0868. The molecule has 1 aliphatic carbocycles. The maximum atomic E-state index is 9.42. The van der Waals surface area contributed by atoms with Crippen LogP contribution in [0.5, 0.6) is 0 Å². The molecule has 1 heteroatoms. The zero-order chi connectivity index (χ0) is 7.40. The van der Waals surface area contributed by atoms with Gasteiger partial charge in [-0.3, -0.25) is 0 Å². The van der Waals surface area contributed by atoms with Crippen molar-refractivity contribution in [3.05, 3.63) is 6.92 Å². The molecule has 1 saturated carbocycles. The normalized spacial score (nSPS) is 24.6. The highest BCUT2D eigenvalue weighted by Gasteiger charge is 2.19. The largest absolute Gasteiger partial charge is 0.393 e. The molecule has 1 nitrogen and oxygen atoms in total. The first kappa shape index (κ1) is 8.06. The molecule has 10 heavy (non-hydrogen) atoms. The minimum Gasteiger partial charge on any atom is -0.393 e. The molecule has 0 heterocycles. The summed E-state index contributed by atoms with van der Waals surface area (Å²) in [6.45, 7) is 3.71. The molecular formula is C9H17O. The fraction of sp³-hybridized carbons (Fsp3) is 0.889. The Bertz CT molecular complexity index is 84.7. The Balaban J connectivity index is 2.24. The molecular weight excluding hydrogens is 124 g/mol. The van der Waals surface area contributed by atoms with Crippen molar-refractivity contribution in [2.24, 2.45) is 5.92 Å². The fourth-order valence-electron chi connectivity index (χ4n) is 1.75. The number of rotatable bonds is 2. The molecule has 1 radical (unpaired) electrons. The highest BCUT2D eigenvalue weighted by molar-refractivity contribution is 4.73. The second kappa shape index (κ2) is 3.97. The van der Waals surface area contributed by atoms with E-state index in [4.69, 9.17) is 0 Å². The molecule has 0 aromatic carbocycles. The second-order valence-electron chi connectivity index (χ2n) is 3.25. The van der Waals surface area contributed by atoms with Crippen LogP contribution in [0, 0.1) is 12.8 Å². The molecule has 1 rings (SSSR count). The number of aliphatic hydroxyl groups is 1. The van der Waals surface area contributed by atoms with E-state index in [1.165, 1.54) is 32.1 Å². The molecule has 1 aliphatic rings. The maximum absolute atomic E-state index is 9.42. The monoisotopic (exact) mass is 141 g/mol. The van der Waals surface area contributed by atoms with E-state index in [1.54, 1.807) is 0 Å². The first-order valence-electron chi connectivity index (χ1n) is 4.32. The third kappa shape index (κ3) is 1.98. The van der Waals surface area contributed by atoms with Gasteiger partial charge >= 0.3 is 0 Å². The van der Waals surface area contributed by atoms with Crippen molar-refractivity contribution in [3.8, 4) is 0 Å². The van der Waals surface area contributed by atoms with Crippen LogP contribution in [-0.4, -0.2) is 11.2 Å². The van der Waals surface area contributed by atoms with Crippen LogP contribution in [0.1, 0.15) is 38.5 Å². The molecule has 59 valence electrons. The number of hydrogen-bond acceptors (Lipinski definition) is 1. The molecule has 0 bridgehead atoms. The van der Waals surface area contributed by atoms with Gasteiger partial charge in [0.25, 0.3) is 0 Å². The van der Waals surface area contributed by atoms with Crippen LogP contribution in [0.15, 0.2) is 0 Å². The molecule has 0 amide bonds. The van der Waals surface area contributed by atoms with Crippen LogP contribution in [0.25, 0.3) is 0 Å². The zero-order valence-corrected chi connectivity index (χ0v) is 6.55. The smallest absolute Gasteiger partial charge is 0.0568 e. The summed E-state index contributed by atoms with van der Waals surface area (Å²) in [5, 5.41) is 9.42. The van der Waals surface area contributed by atoms with Gasteiger partial charge in [-0.1, -0.05) is 26.2 Å². The molecule has 0 saturated heterocycles. The second-order valence-corrected chi connectivity index (χ2v) is 3.25. The highest BCUT2D eigenvalue weighted by atomic mass is 16.3. The van der Waals surface area contributed by atoms with E-state index < -0.39 is 0 Å². The van der Waals surface area contributed by atoms with Gasteiger partial charge in [-0.2, -0.15) is 0 Å². The van der Waals surface area contributed by atoms with E-state index in [1.807, 2.05) is 0 Å². The molecule has 0 aliphatic heterocycles. The van der Waals surface area contributed by atoms with Gasteiger partial charge in [0.2, 0.25) is 0 Å². The third-order valence-electron chi connectivity index (χ3n) is 2.49. The van der Waals surface area contributed by atoms with Gasteiger partial charge in [-0.25, -0.2) is 0 Å². The minimum absolute atomic E-state index is 0.125. The summed E-state index contributed by atoms with van der Waals surface area (Å²) < 4.78 is 0. The first-order valence-corrected chi connectivity index (χ1v) is 4.32. The van der Waals surface area contributed by atoms with Gasteiger partial charge in [0.05, 0.1) is 6.10 Å². The molecule has 1 fully saturated rings. The van der Waals surface area contributed by atoms with Gasteiger partial charge in [0.1, 0.15) is 0 Å². The minimum atomic E-state index is -0.125. The van der Waals surface area contributed by atoms with Crippen molar-refractivity contribution in [2.75, 3.05) is 0 Å². The predicted molar refractivity (Wildman–Crippen MR) is 42.6 cm³/mol. The lowest BCUT2D eigenvalue weighted by atomic mass is 9.84. The van der Waals surface area contributed by atoms with Crippen LogP contribution in [0.2, 0.25) is 0 Å². The van der Waals surface area contributed by atoms with Crippen LogP contribution in [-0.2, 0) is 0 Å². The summed E-state index contributed by atoms with van der Waals surface area (Å²) in [6, 6.07) is 0. The molecule has 1 N–H and O–H groups in total. The van der Waals surface area contributed by atoms with Crippen LogP contribution in [0.3, 0.4) is 0 Å². The average molecular weight is 141 g/mol. The Hall–Kier alpha value is -0.0400. The van der Waals surface area contributed by atoms with Crippen LogP contribution < -0.4 is 0 Å². The summed E-state index contributed by atoms with van der Waals surface area (Å²) >= 11 is 0. The first-order chi connectivity index (χ1) is 4.84. The van der Waals surface area contributed by atoms with Gasteiger partial charge in [-0.15, -0.1) is 0 Å². The summed E-state index contributed by atoms with van der Waals surface area (Å²) in [4.78, 5) is 0. The quantitative estimate of drug-likeness (QED) is 0.624. The van der Waals surface area contributed by atoms with Crippen LogP contribution >= 0.6 is 0 Å². The van der Waals surface area contributed by atoms with Crippen molar-refractivity contribution < 1.29 is 5.11 Å². The molecule has 0 aromatic heterocycles. The van der Waals surface area contributed by atoms with Crippen LogP contribution in [0.4, 0.5) is 0 Å². The van der Waals surface area contributed by atoms with E-state index >= 15 is 0 Å². The Morgan fingerprint density at radius 2 is 1.90 bits per heavy atom. The topological polar surface area (TPSA) is 20.2 Å². The standard InChI is InChI=1S/C9H17O/c1-2-9(10)8-6-4-3-5-7-8/h8-10H,1-7H2/t9-/m0/s1. The van der Waals surface area contributed by atoms with E-state index in [2.05, 4.69) is 6.92 Å². The zero-order valence-electron chi connectivity index (χ0n) is 6.55. The van der Waals surface area contributed by atoms with E-state index in [-0.39, 0.29) is 6.10 Å². The molecule has 0 unspecified atom stereocenters. The Kier molecular flexibility index (Phi) is 3.20. The SMILES string of the molecule is [CH2]C[C@H](O)C1CCCCC1. The number of hydrogen-bond donors (Lipinski definition) is 1. The van der Waals surface area contributed by atoms with Gasteiger partial charge in [0, 0.05) is 0 Å². The van der Waals surface area contributed by atoms with Crippen molar-refractivity contribution in [1.29, 1.82) is 0 Å². The fourth-order valence-corrected chi connectivity index (χ4v) is 1.75. The van der Waals surface area contributed by atoms with E-state index in [0.29, 0.717) is 12.3 Å². The Morgan fingerprint density at radius 3 is 2.40 bits per heavy atom. The van der Waals surface area contributed by atoms with Gasteiger partial charge < -0.3 is 5.11 Å². The van der Waals surface area contributed by atoms with E-state index in [0.717, 1.165) is 0 Å². The van der Waals surface area contributed by atoms with Crippen molar-refractivity contribution in [1.82, 2.24) is 0 Å². The highest BCUT2D eigenvalue weighted by Crippen LogP contribution is 2.27. The Labute approximate surface area is 63.4 Å². The Morgan fingerprint density at radius 1 is 1.30 bits per heavy atom.